The number of carbonyl (C=O) groups is 1. The molecule has 2 heterocycles. The zero-order valence-electron chi connectivity index (χ0n) is 9.82. The van der Waals surface area contributed by atoms with Crippen LogP contribution < -0.4 is 0 Å². The predicted octanol–water partition coefficient (Wildman–Crippen LogP) is 2.79. The fourth-order valence-electron chi connectivity index (χ4n) is 2.22. The van der Waals surface area contributed by atoms with Crippen molar-refractivity contribution < 1.29 is 9.53 Å². The molecule has 1 aliphatic heterocycles. The summed E-state index contributed by atoms with van der Waals surface area (Å²) in [6.45, 7) is 2.72. The van der Waals surface area contributed by atoms with Crippen molar-refractivity contribution in [1.29, 1.82) is 0 Å². The number of thiophene rings is 1. The molecule has 0 bridgehead atoms. The van der Waals surface area contributed by atoms with Gasteiger partial charge in [0.25, 0.3) is 0 Å². The molecular weight excluding hydrogens is 258 g/mol. The highest BCUT2D eigenvalue weighted by atomic mass is 35.5. The van der Waals surface area contributed by atoms with E-state index in [9.17, 15) is 4.79 Å². The van der Waals surface area contributed by atoms with Crippen LogP contribution in [0.3, 0.4) is 0 Å². The van der Waals surface area contributed by atoms with Gasteiger partial charge in [-0.25, -0.2) is 0 Å². The first-order chi connectivity index (χ1) is 8.19. The first-order valence-corrected chi connectivity index (χ1v) is 6.93. The van der Waals surface area contributed by atoms with E-state index in [0.29, 0.717) is 0 Å². The molecule has 0 radical (unpaired) electrons. The Labute approximate surface area is 110 Å². The van der Waals surface area contributed by atoms with E-state index in [-0.39, 0.29) is 11.9 Å². The summed E-state index contributed by atoms with van der Waals surface area (Å²) in [5, 5.41) is 0. The second kappa shape index (κ2) is 5.85. The van der Waals surface area contributed by atoms with Gasteiger partial charge in [0, 0.05) is 18.0 Å². The quantitative estimate of drug-likeness (QED) is 0.793. The number of esters is 1. The maximum atomic E-state index is 11.5. The Balaban J connectivity index is 1.91. The van der Waals surface area contributed by atoms with Gasteiger partial charge in [0.05, 0.1) is 17.4 Å². The van der Waals surface area contributed by atoms with Crippen LogP contribution in [0, 0.1) is 5.92 Å². The van der Waals surface area contributed by atoms with Crippen LogP contribution in [0.1, 0.15) is 17.7 Å². The summed E-state index contributed by atoms with van der Waals surface area (Å²) in [6.07, 6.45) is 1.99. The molecule has 0 aliphatic carbocycles. The van der Waals surface area contributed by atoms with E-state index < -0.39 is 0 Å². The van der Waals surface area contributed by atoms with E-state index in [1.54, 1.807) is 11.3 Å². The molecule has 17 heavy (non-hydrogen) atoms. The van der Waals surface area contributed by atoms with Crippen LogP contribution in [-0.4, -0.2) is 31.1 Å². The molecule has 0 amide bonds. The van der Waals surface area contributed by atoms with Crippen molar-refractivity contribution in [1.82, 2.24) is 4.90 Å². The summed E-state index contributed by atoms with van der Waals surface area (Å²) in [6, 6.07) is 3.97. The van der Waals surface area contributed by atoms with Gasteiger partial charge in [0.15, 0.2) is 0 Å². The highest BCUT2D eigenvalue weighted by Gasteiger charge is 2.26. The summed E-state index contributed by atoms with van der Waals surface area (Å²) < 4.78 is 5.63. The second-order valence-electron chi connectivity index (χ2n) is 4.30. The minimum absolute atomic E-state index is 0.0317. The first kappa shape index (κ1) is 12.9. The van der Waals surface area contributed by atoms with E-state index in [4.69, 9.17) is 16.3 Å². The minimum atomic E-state index is -0.0843. The average molecular weight is 274 g/mol. The van der Waals surface area contributed by atoms with Gasteiger partial charge in [-0.05, 0) is 31.5 Å². The van der Waals surface area contributed by atoms with Gasteiger partial charge in [0.2, 0.25) is 0 Å². The summed E-state index contributed by atoms with van der Waals surface area (Å²) in [4.78, 5) is 15.1. The number of nitrogens with zero attached hydrogens (tertiary/aromatic N) is 1. The molecule has 2 rings (SSSR count). The van der Waals surface area contributed by atoms with Gasteiger partial charge in [-0.15, -0.1) is 11.3 Å². The van der Waals surface area contributed by atoms with Gasteiger partial charge in [0.1, 0.15) is 0 Å². The Morgan fingerprint density at radius 1 is 1.65 bits per heavy atom. The topological polar surface area (TPSA) is 29.5 Å². The lowest BCUT2D eigenvalue weighted by Crippen LogP contribution is -2.38. The van der Waals surface area contributed by atoms with Crippen molar-refractivity contribution in [2.75, 3.05) is 20.2 Å². The molecule has 1 aromatic rings. The van der Waals surface area contributed by atoms with E-state index in [1.807, 2.05) is 6.07 Å². The van der Waals surface area contributed by atoms with Gasteiger partial charge in [-0.2, -0.15) is 0 Å². The number of piperidine rings is 1. The maximum absolute atomic E-state index is 11.5. The van der Waals surface area contributed by atoms with Crippen LogP contribution in [0.25, 0.3) is 0 Å². The van der Waals surface area contributed by atoms with E-state index in [1.165, 1.54) is 12.0 Å². The molecule has 1 unspecified atom stereocenters. The van der Waals surface area contributed by atoms with Gasteiger partial charge in [-0.3, -0.25) is 9.69 Å². The highest BCUT2D eigenvalue weighted by Crippen LogP contribution is 2.25. The van der Waals surface area contributed by atoms with Crippen molar-refractivity contribution in [3.63, 3.8) is 0 Å². The fourth-order valence-corrected chi connectivity index (χ4v) is 3.35. The Bertz CT molecular complexity index is 394. The van der Waals surface area contributed by atoms with E-state index in [2.05, 4.69) is 11.0 Å². The van der Waals surface area contributed by atoms with E-state index in [0.717, 1.165) is 36.8 Å². The predicted molar refractivity (Wildman–Crippen MR) is 69.3 cm³/mol. The molecule has 0 saturated carbocycles. The molecule has 5 heteroatoms. The number of likely N-dealkylation sites (tertiary alicyclic amines) is 1. The van der Waals surface area contributed by atoms with Crippen LogP contribution in [0.2, 0.25) is 4.34 Å². The Morgan fingerprint density at radius 3 is 3.12 bits per heavy atom. The van der Waals surface area contributed by atoms with Crippen LogP contribution in [0.4, 0.5) is 0 Å². The zero-order chi connectivity index (χ0) is 12.3. The number of hydrogen-bond acceptors (Lipinski definition) is 4. The third kappa shape index (κ3) is 3.44. The molecule has 1 aromatic heterocycles. The number of ether oxygens (including phenoxy) is 1. The molecule has 1 fully saturated rings. The second-order valence-corrected chi connectivity index (χ2v) is 6.10. The lowest BCUT2D eigenvalue weighted by molar-refractivity contribution is -0.147. The minimum Gasteiger partial charge on any atom is -0.469 e. The molecule has 1 aliphatic rings. The number of hydrogen-bond donors (Lipinski definition) is 0. The third-order valence-electron chi connectivity index (χ3n) is 3.05. The molecule has 0 N–H and O–H groups in total. The molecular formula is C12H16ClNO2S. The summed E-state index contributed by atoms with van der Waals surface area (Å²) in [5.74, 6) is -0.0527. The highest BCUT2D eigenvalue weighted by molar-refractivity contribution is 7.16. The summed E-state index contributed by atoms with van der Waals surface area (Å²) >= 11 is 7.51. The molecule has 1 saturated heterocycles. The molecule has 0 aromatic carbocycles. The molecule has 3 nitrogen and oxygen atoms in total. The maximum Gasteiger partial charge on any atom is 0.309 e. The van der Waals surface area contributed by atoms with E-state index >= 15 is 0 Å². The fraction of sp³-hybridized carbons (Fsp3) is 0.583. The standard InChI is InChI=1S/C12H16ClNO2S/c1-16-12(15)9-3-2-6-14(7-9)8-10-4-5-11(13)17-10/h4-5,9H,2-3,6-8H2,1H3. The van der Waals surface area contributed by atoms with Crippen LogP contribution in [-0.2, 0) is 16.1 Å². The van der Waals surface area contributed by atoms with Gasteiger partial charge < -0.3 is 4.74 Å². The first-order valence-electron chi connectivity index (χ1n) is 5.73. The molecule has 94 valence electrons. The van der Waals surface area contributed by atoms with Crippen molar-refractivity contribution in [3.8, 4) is 0 Å². The van der Waals surface area contributed by atoms with Crippen LogP contribution >= 0.6 is 22.9 Å². The zero-order valence-corrected chi connectivity index (χ0v) is 11.4. The van der Waals surface area contributed by atoms with Crippen molar-refractivity contribution >= 4 is 28.9 Å². The van der Waals surface area contributed by atoms with Crippen molar-refractivity contribution in [2.45, 2.75) is 19.4 Å². The third-order valence-corrected chi connectivity index (χ3v) is 4.26. The normalized spacial score (nSPS) is 21.4. The lowest BCUT2D eigenvalue weighted by Gasteiger charge is -2.30. The lowest BCUT2D eigenvalue weighted by atomic mass is 9.98. The molecule has 0 spiro atoms. The van der Waals surface area contributed by atoms with Gasteiger partial charge in [-0.1, -0.05) is 11.6 Å². The van der Waals surface area contributed by atoms with Crippen LogP contribution in [0.5, 0.6) is 0 Å². The number of methoxy groups -OCH3 is 1. The number of carbonyl (C=O) groups excluding carboxylic acids is 1. The Hall–Kier alpha value is -0.580. The number of rotatable bonds is 3. The Kier molecular flexibility index (Phi) is 4.42. The summed E-state index contributed by atoms with van der Waals surface area (Å²) in [7, 11) is 1.46. The van der Waals surface area contributed by atoms with Crippen molar-refractivity contribution in [3.05, 3.63) is 21.3 Å². The average Bonchev–Trinajstić information content (AvgIpc) is 2.74. The molecule has 1 atom stereocenters. The van der Waals surface area contributed by atoms with Crippen molar-refractivity contribution in [2.24, 2.45) is 5.92 Å². The smallest absolute Gasteiger partial charge is 0.309 e. The number of halogens is 1. The Morgan fingerprint density at radius 2 is 2.47 bits per heavy atom. The van der Waals surface area contributed by atoms with Crippen LogP contribution in [0.15, 0.2) is 12.1 Å². The summed E-state index contributed by atoms with van der Waals surface area (Å²) in [5.41, 5.74) is 0. The van der Waals surface area contributed by atoms with Gasteiger partial charge >= 0.3 is 5.97 Å². The largest absolute Gasteiger partial charge is 0.469 e. The SMILES string of the molecule is COC(=O)C1CCCN(Cc2ccc(Cl)s2)C1. The monoisotopic (exact) mass is 273 g/mol.